The van der Waals surface area contributed by atoms with Crippen molar-refractivity contribution in [2.75, 3.05) is 20.1 Å². The molecule has 0 bridgehead atoms. The Morgan fingerprint density at radius 1 is 1.42 bits per heavy atom. The number of ether oxygens (including phenoxy) is 1. The molecule has 1 fully saturated rings. The highest BCUT2D eigenvalue weighted by Gasteiger charge is 2.23. The summed E-state index contributed by atoms with van der Waals surface area (Å²) < 4.78 is 28.3. The summed E-state index contributed by atoms with van der Waals surface area (Å²) in [5.74, 6) is -0.0611. The van der Waals surface area contributed by atoms with Crippen LogP contribution in [0.15, 0.2) is 24.3 Å². The zero-order chi connectivity index (χ0) is 13.8. The number of rotatable bonds is 4. The lowest BCUT2D eigenvalue weighted by atomic mass is 10.1. The van der Waals surface area contributed by atoms with E-state index in [9.17, 15) is 13.6 Å². The van der Waals surface area contributed by atoms with Gasteiger partial charge in [-0.1, -0.05) is 0 Å². The van der Waals surface area contributed by atoms with Gasteiger partial charge in [0.25, 0.3) is 5.91 Å². The summed E-state index contributed by atoms with van der Waals surface area (Å²) in [7, 11) is 1.75. The van der Waals surface area contributed by atoms with Crippen LogP contribution in [0.4, 0.5) is 8.78 Å². The first-order chi connectivity index (χ1) is 9.08. The van der Waals surface area contributed by atoms with Crippen molar-refractivity contribution in [3.63, 3.8) is 0 Å². The third kappa shape index (κ3) is 3.41. The van der Waals surface area contributed by atoms with Crippen molar-refractivity contribution in [2.45, 2.75) is 19.1 Å². The fourth-order valence-electron chi connectivity index (χ4n) is 2.12. The zero-order valence-corrected chi connectivity index (χ0v) is 10.6. The molecule has 1 unspecified atom stereocenters. The molecule has 0 aliphatic carbocycles. The molecule has 1 saturated heterocycles. The molecule has 6 heteroatoms. The fraction of sp³-hybridized carbons (Fsp3) is 0.462. The lowest BCUT2D eigenvalue weighted by molar-refractivity contribution is -0.0498. The monoisotopic (exact) mass is 270 g/mol. The van der Waals surface area contributed by atoms with Gasteiger partial charge in [0, 0.05) is 25.2 Å². The SMILES string of the molecule is CN(C(=O)c1ccc(OC(F)F)cc1)C1CCNC1. The normalized spacial score (nSPS) is 18.6. The molecule has 1 aromatic rings. The molecule has 0 radical (unpaired) electrons. The van der Waals surface area contributed by atoms with Crippen molar-refractivity contribution in [2.24, 2.45) is 0 Å². The van der Waals surface area contributed by atoms with Gasteiger partial charge in [-0.25, -0.2) is 0 Å². The van der Waals surface area contributed by atoms with E-state index in [1.807, 2.05) is 0 Å². The molecular formula is C13H16F2N2O2. The van der Waals surface area contributed by atoms with Crippen LogP contribution in [0.1, 0.15) is 16.8 Å². The molecule has 1 heterocycles. The van der Waals surface area contributed by atoms with Crippen LogP contribution >= 0.6 is 0 Å². The summed E-state index contributed by atoms with van der Waals surface area (Å²) in [6, 6.07) is 5.93. The number of amides is 1. The molecule has 0 aromatic heterocycles. The Morgan fingerprint density at radius 3 is 2.63 bits per heavy atom. The summed E-state index contributed by atoms with van der Waals surface area (Å²) in [5, 5.41) is 3.19. The molecule has 1 N–H and O–H groups in total. The van der Waals surface area contributed by atoms with Gasteiger partial charge >= 0.3 is 6.61 Å². The Bertz CT molecular complexity index is 431. The minimum Gasteiger partial charge on any atom is -0.435 e. The molecule has 4 nitrogen and oxygen atoms in total. The van der Waals surface area contributed by atoms with Gasteiger partial charge in [0.2, 0.25) is 0 Å². The third-order valence-electron chi connectivity index (χ3n) is 3.23. The van der Waals surface area contributed by atoms with E-state index in [1.165, 1.54) is 24.3 Å². The van der Waals surface area contributed by atoms with Crippen molar-refractivity contribution in [3.05, 3.63) is 29.8 Å². The maximum atomic E-state index is 12.2. The average Bonchev–Trinajstić information content (AvgIpc) is 2.91. The fourth-order valence-corrected chi connectivity index (χ4v) is 2.12. The van der Waals surface area contributed by atoms with Crippen LogP contribution in [0.5, 0.6) is 5.75 Å². The Kier molecular flexibility index (Phi) is 4.31. The van der Waals surface area contributed by atoms with Crippen LogP contribution in [0, 0.1) is 0 Å². The van der Waals surface area contributed by atoms with E-state index in [4.69, 9.17) is 0 Å². The van der Waals surface area contributed by atoms with Gasteiger partial charge in [0.15, 0.2) is 0 Å². The summed E-state index contributed by atoms with van der Waals surface area (Å²) in [6.45, 7) is -1.16. The third-order valence-corrected chi connectivity index (χ3v) is 3.23. The van der Waals surface area contributed by atoms with Gasteiger partial charge in [0.1, 0.15) is 5.75 Å². The van der Waals surface area contributed by atoms with Crippen LogP contribution in [0.25, 0.3) is 0 Å². The minimum absolute atomic E-state index is 0.0525. The molecule has 1 aliphatic rings. The number of nitrogens with zero attached hydrogens (tertiary/aromatic N) is 1. The highest BCUT2D eigenvalue weighted by atomic mass is 19.3. The van der Waals surface area contributed by atoms with E-state index in [1.54, 1.807) is 11.9 Å². The summed E-state index contributed by atoms with van der Waals surface area (Å²) >= 11 is 0. The number of carbonyl (C=O) groups excluding carboxylic acids is 1. The van der Waals surface area contributed by atoms with Gasteiger partial charge in [-0.2, -0.15) is 8.78 Å². The van der Waals surface area contributed by atoms with E-state index in [2.05, 4.69) is 10.1 Å². The number of benzene rings is 1. The zero-order valence-electron chi connectivity index (χ0n) is 10.6. The topological polar surface area (TPSA) is 41.6 Å². The molecule has 104 valence electrons. The Balaban J connectivity index is 2.02. The first kappa shape index (κ1) is 13.7. The number of alkyl halides is 2. The van der Waals surface area contributed by atoms with Crippen molar-refractivity contribution in [3.8, 4) is 5.75 Å². The van der Waals surface area contributed by atoms with E-state index >= 15 is 0 Å². The number of nitrogens with one attached hydrogen (secondary N) is 1. The van der Waals surface area contributed by atoms with Crippen molar-refractivity contribution >= 4 is 5.91 Å². The molecule has 0 spiro atoms. The molecular weight excluding hydrogens is 254 g/mol. The standard InChI is InChI=1S/C13H16F2N2O2/c1-17(10-6-7-16-8-10)12(18)9-2-4-11(5-3-9)19-13(14)15/h2-5,10,13,16H,6-8H2,1H3. The predicted octanol–water partition coefficient (Wildman–Crippen LogP) is 1.72. The van der Waals surface area contributed by atoms with Crippen molar-refractivity contribution < 1.29 is 18.3 Å². The van der Waals surface area contributed by atoms with Crippen LogP contribution in [-0.2, 0) is 0 Å². The summed E-state index contributed by atoms with van der Waals surface area (Å²) in [6.07, 6.45) is 0.925. The number of hydrogen-bond acceptors (Lipinski definition) is 3. The van der Waals surface area contributed by atoms with Gasteiger partial charge in [0.05, 0.1) is 0 Å². The molecule has 2 rings (SSSR count). The minimum atomic E-state index is -2.85. The number of carbonyl (C=O) groups is 1. The smallest absolute Gasteiger partial charge is 0.387 e. The molecule has 1 aliphatic heterocycles. The Morgan fingerprint density at radius 2 is 2.11 bits per heavy atom. The van der Waals surface area contributed by atoms with Crippen LogP contribution in [0.2, 0.25) is 0 Å². The summed E-state index contributed by atoms with van der Waals surface area (Å²) in [4.78, 5) is 13.9. The van der Waals surface area contributed by atoms with Crippen molar-refractivity contribution in [1.29, 1.82) is 0 Å². The molecule has 1 aromatic carbocycles. The van der Waals surface area contributed by atoms with E-state index < -0.39 is 6.61 Å². The number of likely N-dealkylation sites (N-methyl/N-ethyl adjacent to an activating group) is 1. The van der Waals surface area contributed by atoms with E-state index in [0.29, 0.717) is 5.56 Å². The summed E-state index contributed by atoms with van der Waals surface area (Å²) in [5.41, 5.74) is 0.469. The quantitative estimate of drug-likeness (QED) is 0.905. The number of halogens is 2. The first-order valence-corrected chi connectivity index (χ1v) is 6.10. The second-order valence-electron chi connectivity index (χ2n) is 4.47. The molecule has 0 saturated carbocycles. The molecule has 19 heavy (non-hydrogen) atoms. The highest BCUT2D eigenvalue weighted by Crippen LogP contribution is 2.17. The largest absolute Gasteiger partial charge is 0.435 e. The number of hydrogen-bond donors (Lipinski definition) is 1. The van der Waals surface area contributed by atoms with Crippen LogP contribution in [-0.4, -0.2) is 43.6 Å². The second kappa shape index (κ2) is 5.97. The molecule has 1 amide bonds. The van der Waals surface area contributed by atoms with Crippen molar-refractivity contribution in [1.82, 2.24) is 10.2 Å². The predicted molar refractivity (Wildman–Crippen MR) is 66.4 cm³/mol. The maximum absolute atomic E-state index is 12.2. The first-order valence-electron chi connectivity index (χ1n) is 6.10. The lowest BCUT2D eigenvalue weighted by Gasteiger charge is -2.23. The van der Waals surface area contributed by atoms with Gasteiger partial charge in [-0.15, -0.1) is 0 Å². The van der Waals surface area contributed by atoms with Crippen LogP contribution < -0.4 is 10.1 Å². The Labute approximate surface area is 110 Å². The van der Waals surface area contributed by atoms with E-state index in [0.717, 1.165) is 19.5 Å². The van der Waals surface area contributed by atoms with Crippen LogP contribution in [0.3, 0.4) is 0 Å². The second-order valence-corrected chi connectivity index (χ2v) is 4.47. The van der Waals surface area contributed by atoms with E-state index in [-0.39, 0.29) is 17.7 Å². The van der Waals surface area contributed by atoms with Gasteiger partial charge in [-0.05, 0) is 37.2 Å². The average molecular weight is 270 g/mol. The van der Waals surface area contributed by atoms with Gasteiger partial charge in [-0.3, -0.25) is 4.79 Å². The maximum Gasteiger partial charge on any atom is 0.387 e. The Hall–Kier alpha value is -1.69. The van der Waals surface area contributed by atoms with Gasteiger partial charge < -0.3 is 15.0 Å². The lowest BCUT2D eigenvalue weighted by Crippen LogP contribution is -2.38. The molecule has 1 atom stereocenters. The highest BCUT2D eigenvalue weighted by molar-refractivity contribution is 5.94.